The Morgan fingerprint density at radius 2 is 2.19 bits per heavy atom. The number of amides is 2. The smallest absolute Gasteiger partial charge is 0.260 e. The molecule has 1 saturated heterocycles. The summed E-state index contributed by atoms with van der Waals surface area (Å²) in [6, 6.07) is 10.7. The molecule has 3 heterocycles. The maximum absolute atomic E-state index is 12.6. The summed E-state index contributed by atoms with van der Waals surface area (Å²) in [5.41, 5.74) is -0.0949. The van der Waals surface area contributed by atoms with E-state index in [1.807, 2.05) is 12.1 Å². The fraction of sp³-hybridized carbons (Fsp3) is 0.350. The molecule has 0 aliphatic carbocycles. The Hall–Kier alpha value is -3.09. The van der Waals surface area contributed by atoms with Crippen molar-refractivity contribution >= 4 is 11.8 Å². The highest BCUT2D eigenvalue weighted by Gasteiger charge is 2.42. The first-order valence-corrected chi connectivity index (χ1v) is 9.02. The number of pyridine rings is 1. The summed E-state index contributed by atoms with van der Waals surface area (Å²) in [6.45, 7) is 1.38. The summed E-state index contributed by atoms with van der Waals surface area (Å²) in [5.74, 6) is 0.870. The predicted molar refractivity (Wildman–Crippen MR) is 97.7 cm³/mol. The molecule has 0 bridgehead atoms. The number of aromatic nitrogens is 1. The molecule has 1 aromatic carbocycles. The first-order chi connectivity index (χ1) is 13.2. The molecule has 27 heavy (non-hydrogen) atoms. The van der Waals surface area contributed by atoms with Crippen molar-refractivity contribution in [3.05, 3.63) is 54.4 Å². The number of benzene rings is 1. The number of ether oxygens (including phenoxy) is 2. The molecular weight excluding hydrogens is 346 g/mol. The highest BCUT2D eigenvalue weighted by atomic mass is 16.5. The van der Waals surface area contributed by atoms with E-state index in [1.54, 1.807) is 41.6 Å². The predicted octanol–water partition coefficient (Wildman–Crippen LogP) is 1.64. The Balaban J connectivity index is 1.46. The maximum Gasteiger partial charge on any atom is 0.260 e. The topological polar surface area (TPSA) is 80.8 Å². The van der Waals surface area contributed by atoms with Crippen molar-refractivity contribution in [1.29, 1.82) is 0 Å². The van der Waals surface area contributed by atoms with Crippen LogP contribution < -0.4 is 14.8 Å². The van der Waals surface area contributed by atoms with Gasteiger partial charge in [0.05, 0.1) is 24.8 Å². The lowest BCUT2D eigenvalue weighted by Gasteiger charge is -2.42. The van der Waals surface area contributed by atoms with Gasteiger partial charge in [-0.05, 0) is 37.1 Å². The number of nitrogens with one attached hydrogen (secondary N) is 1. The molecule has 1 aromatic heterocycles. The maximum atomic E-state index is 12.6. The third-order valence-corrected chi connectivity index (χ3v) is 4.92. The van der Waals surface area contributed by atoms with Crippen LogP contribution in [0.2, 0.25) is 0 Å². The van der Waals surface area contributed by atoms with Crippen LogP contribution >= 0.6 is 0 Å². The number of rotatable bonds is 3. The van der Waals surface area contributed by atoms with Crippen LogP contribution in [0.4, 0.5) is 0 Å². The lowest BCUT2D eigenvalue weighted by Crippen LogP contribution is -2.58. The van der Waals surface area contributed by atoms with Crippen LogP contribution in [0.1, 0.15) is 23.2 Å². The number of nitrogens with zero attached hydrogens (tertiary/aromatic N) is 2. The Morgan fingerprint density at radius 1 is 1.30 bits per heavy atom. The molecule has 1 atom stereocenters. The Labute approximate surface area is 157 Å². The highest BCUT2D eigenvalue weighted by molar-refractivity contribution is 5.97. The summed E-state index contributed by atoms with van der Waals surface area (Å²) in [7, 11) is 0. The van der Waals surface area contributed by atoms with Gasteiger partial charge in [0.1, 0.15) is 17.1 Å². The number of fused-ring (bicyclic) bond motifs is 1. The highest BCUT2D eigenvalue weighted by Crippen LogP contribution is 2.32. The monoisotopic (exact) mass is 367 g/mol. The fourth-order valence-corrected chi connectivity index (χ4v) is 3.56. The molecule has 0 saturated carbocycles. The molecule has 0 radical (unpaired) electrons. The number of carbonyl (C=O) groups is 2. The standard InChI is InChI=1S/C20H21N3O4/c24-18(12-26-15-5-3-9-21-11-15)23-10-4-8-20(14-23)13-22-19(25)16-6-1-2-7-17(16)27-20/h1-3,5-7,9,11H,4,8,10,12-14H2,(H,22,25)/t20-/m1/s1. The molecule has 140 valence electrons. The molecule has 1 spiro atoms. The minimum atomic E-state index is -0.621. The van der Waals surface area contributed by atoms with E-state index in [9.17, 15) is 9.59 Å². The van der Waals surface area contributed by atoms with Crippen molar-refractivity contribution in [2.24, 2.45) is 0 Å². The van der Waals surface area contributed by atoms with E-state index in [4.69, 9.17) is 9.47 Å². The van der Waals surface area contributed by atoms with Crippen LogP contribution in [0.15, 0.2) is 48.8 Å². The van der Waals surface area contributed by atoms with Gasteiger partial charge in [-0.3, -0.25) is 14.6 Å². The molecule has 2 amide bonds. The minimum absolute atomic E-state index is 0.0509. The summed E-state index contributed by atoms with van der Waals surface area (Å²) >= 11 is 0. The van der Waals surface area contributed by atoms with E-state index in [-0.39, 0.29) is 18.4 Å². The van der Waals surface area contributed by atoms with Crippen molar-refractivity contribution in [2.75, 3.05) is 26.2 Å². The average Bonchev–Trinajstić information content (AvgIpc) is 2.84. The van der Waals surface area contributed by atoms with Gasteiger partial charge in [-0.1, -0.05) is 12.1 Å². The zero-order valence-electron chi connectivity index (χ0n) is 14.9. The van der Waals surface area contributed by atoms with Gasteiger partial charge in [0.2, 0.25) is 0 Å². The third kappa shape index (κ3) is 3.72. The van der Waals surface area contributed by atoms with Gasteiger partial charge >= 0.3 is 0 Å². The van der Waals surface area contributed by atoms with E-state index < -0.39 is 5.60 Å². The molecule has 7 heteroatoms. The SMILES string of the molecule is O=C1NC[C@@]2(CCCN(C(=O)COc3cccnc3)C2)Oc2ccccc21. The van der Waals surface area contributed by atoms with Gasteiger partial charge in [0.15, 0.2) is 6.61 Å². The molecular formula is C20H21N3O4. The van der Waals surface area contributed by atoms with Crippen LogP contribution in [-0.2, 0) is 4.79 Å². The number of para-hydroxylation sites is 1. The second-order valence-electron chi connectivity index (χ2n) is 6.86. The Kier molecular flexibility index (Phi) is 4.66. The first-order valence-electron chi connectivity index (χ1n) is 9.02. The van der Waals surface area contributed by atoms with Crippen molar-refractivity contribution < 1.29 is 19.1 Å². The quantitative estimate of drug-likeness (QED) is 0.892. The summed E-state index contributed by atoms with van der Waals surface area (Å²) < 4.78 is 11.8. The molecule has 2 aromatic rings. The normalized spacial score (nSPS) is 21.6. The van der Waals surface area contributed by atoms with Crippen molar-refractivity contribution in [3.8, 4) is 11.5 Å². The number of likely N-dealkylation sites (tertiary alicyclic amines) is 1. The average molecular weight is 367 g/mol. The van der Waals surface area contributed by atoms with Crippen LogP contribution in [0, 0.1) is 0 Å². The molecule has 2 aliphatic rings. The van der Waals surface area contributed by atoms with Gasteiger partial charge < -0.3 is 19.7 Å². The van der Waals surface area contributed by atoms with E-state index in [0.717, 1.165) is 12.8 Å². The third-order valence-electron chi connectivity index (χ3n) is 4.92. The van der Waals surface area contributed by atoms with Crippen LogP contribution in [0.3, 0.4) is 0 Å². The number of hydrogen-bond acceptors (Lipinski definition) is 5. The van der Waals surface area contributed by atoms with E-state index in [0.29, 0.717) is 36.7 Å². The Morgan fingerprint density at radius 3 is 3.04 bits per heavy atom. The molecule has 7 nitrogen and oxygen atoms in total. The van der Waals surface area contributed by atoms with E-state index >= 15 is 0 Å². The van der Waals surface area contributed by atoms with Crippen LogP contribution in [0.25, 0.3) is 0 Å². The lowest BCUT2D eigenvalue weighted by molar-refractivity contribution is -0.138. The molecule has 2 aliphatic heterocycles. The minimum Gasteiger partial charge on any atom is -0.483 e. The molecule has 1 fully saturated rings. The van der Waals surface area contributed by atoms with E-state index in [2.05, 4.69) is 10.3 Å². The van der Waals surface area contributed by atoms with E-state index in [1.165, 1.54) is 0 Å². The number of piperidine rings is 1. The summed E-state index contributed by atoms with van der Waals surface area (Å²) in [4.78, 5) is 30.7. The van der Waals surface area contributed by atoms with Gasteiger partial charge in [-0.15, -0.1) is 0 Å². The zero-order valence-corrected chi connectivity index (χ0v) is 14.9. The fourth-order valence-electron chi connectivity index (χ4n) is 3.56. The van der Waals surface area contributed by atoms with Crippen molar-refractivity contribution in [2.45, 2.75) is 18.4 Å². The second kappa shape index (κ2) is 7.26. The largest absolute Gasteiger partial charge is 0.483 e. The summed E-state index contributed by atoms with van der Waals surface area (Å²) in [5, 5.41) is 2.94. The lowest BCUT2D eigenvalue weighted by atomic mass is 9.92. The Bertz CT molecular complexity index is 842. The van der Waals surface area contributed by atoms with Crippen molar-refractivity contribution in [1.82, 2.24) is 15.2 Å². The number of carbonyl (C=O) groups excluding carboxylic acids is 2. The molecule has 0 unspecified atom stereocenters. The summed E-state index contributed by atoms with van der Waals surface area (Å²) in [6.07, 6.45) is 4.80. The first kappa shape index (κ1) is 17.3. The van der Waals surface area contributed by atoms with Gasteiger partial charge in [0.25, 0.3) is 11.8 Å². The van der Waals surface area contributed by atoms with Gasteiger partial charge in [-0.25, -0.2) is 0 Å². The van der Waals surface area contributed by atoms with Crippen LogP contribution in [-0.4, -0.2) is 53.5 Å². The second-order valence-corrected chi connectivity index (χ2v) is 6.86. The van der Waals surface area contributed by atoms with Crippen molar-refractivity contribution in [3.63, 3.8) is 0 Å². The number of hydrogen-bond donors (Lipinski definition) is 1. The molecule has 4 rings (SSSR count). The zero-order chi connectivity index (χ0) is 18.7. The molecule has 1 N–H and O–H groups in total. The van der Waals surface area contributed by atoms with Gasteiger partial charge in [-0.2, -0.15) is 0 Å². The van der Waals surface area contributed by atoms with Crippen LogP contribution in [0.5, 0.6) is 11.5 Å². The van der Waals surface area contributed by atoms with Gasteiger partial charge in [0, 0.05) is 12.7 Å².